The summed E-state index contributed by atoms with van der Waals surface area (Å²) in [6.07, 6.45) is 0. The van der Waals surface area contributed by atoms with Gasteiger partial charge >= 0.3 is 0 Å². The molecule has 98 valence electrons. The van der Waals surface area contributed by atoms with E-state index in [-0.39, 0.29) is 11.8 Å². The summed E-state index contributed by atoms with van der Waals surface area (Å²) in [6.45, 7) is 2.42. The first kappa shape index (κ1) is 15.6. The summed E-state index contributed by atoms with van der Waals surface area (Å²) in [6, 6.07) is 5.46. The monoisotopic (exact) mass is 392 g/mol. The molecule has 1 amide bonds. The van der Waals surface area contributed by atoms with E-state index in [4.69, 9.17) is 18.0 Å². The van der Waals surface area contributed by atoms with Crippen LogP contribution in [0.5, 0.6) is 0 Å². The smallest absolute Gasteiger partial charge is 0.254 e. The molecule has 1 atom stereocenters. The molecule has 1 aromatic carbocycles. The Morgan fingerprint density at radius 1 is 1.50 bits per heavy atom. The molecule has 3 nitrogen and oxygen atoms in total. The van der Waals surface area contributed by atoms with Crippen molar-refractivity contribution in [2.75, 3.05) is 13.6 Å². The fourth-order valence-corrected chi connectivity index (χ4v) is 2.74. The fourth-order valence-electron chi connectivity index (χ4n) is 1.45. The lowest BCUT2D eigenvalue weighted by atomic mass is 10.1. The van der Waals surface area contributed by atoms with E-state index in [1.54, 1.807) is 18.0 Å². The number of thiocarbonyl (C=S) groups is 1. The molecule has 0 radical (unpaired) electrons. The van der Waals surface area contributed by atoms with Gasteiger partial charge in [0.05, 0.1) is 10.6 Å². The first-order chi connectivity index (χ1) is 8.32. The summed E-state index contributed by atoms with van der Waals surface area (Å²) in [5, 5.41) is 0. The molecule has 2 N–H and O–H groups in total. The van der Waals surface area contributed by atoms with Crippen molar-refractivity contribution in [1.82, 2.24) is 4.90 Å². The van der Waals surface area contributed by atoms with Gasteiger partial charge < -0.3 is 10.6 Å². The normalized spacial score (nSPS) is 12.0. The highest BCUT2D eigenvalue weighted by Gasteiger charge is 2.17. The van der Waals surface area contributed by atoms with Crippen LogP contribution in [-0.2, 0) is 0 Å². The van der Waals surface area contributed by atoms with Gasteiger partial charge in [-0.2, -0.15) is 0 Å². The Balaban J connectivity index is 2.83. The summed E-state index contributed by atoms with van der Waals surface area (Å²) in [7, 11) is 1.74. The van der Waals surface area contributed by atoms with E-state index in [1.807, 2.05) is 19.1 Å². The second-order valence-electron chi connectivity index (χ2n) is 4.11. The van der Waals surface area contributed by atoms with Crippen LogP contribution in [0.15, 0.2) is 27.1 Å². The number of rotatable bonds is 4. The highest BCUT2D eigenvalue weighted by molar-refractivity contribution is 9.11. The van der Waals surface area contributed by atoms with Crippen LogP contribution in [-0.4, -0.2) is 29.4 Å². The molecular weight excluding hydrogens is 380 g/mol. The molecule has 0 fully saturated rings. The van der Waals surface area contributed by atoms with Gasteiger partial charge in [-0.3, -0.25) is 4.79 Å². The standard InChI is InChI=1S/C12H14Br2N2OS/c1-7(11(15)18)6-16(2)12(17)9-4-3-8(13)5-10(9)14/h3-5,7H,6H2,1-2H3,(H2,15,18). The van der Waals surface area contributed by atoms with Gasteiger partial charge in [-0.05, 0) is 34.1 Å². The summed E-state index contributed by atoms with van der Waals surface area (Å²) in [5.41, 5.74) is 6.17. The Bertz CT molecular complexity index is 479. The topological polar surface area (TPSA) is 46.3 Å². The van der Waals surface area contributed by atoms with Gasteiger partial charge in [0.2, 0.25) is 0 Å². The molecule has 0 spiro atoms. The third-order valence-electron chi connectivity index (χ3n) is 2.54. The fraction of sp³-hybridized carbons (Fsp3) is 0.333. The molecule has 6 heteroatoms. The molecule has 0 saturated heterocycles. The molecule has 1 unspecified atom stereocenters. The number of benzene rings is 1. The van der Waals surface area contributed by atoms with Gasteiger partial charge in [0.25, 0.3) is 5.91 Å². The van der Waals surface area contributed by atoms with Crippen molar-refractivity contribution in [2.45, 2.75) is 6.92 Å². The van der Waals surface area contributed by atoms with Crippen LogP contribution in [0.4, 0.5) is 0 Å². The van der Waals surface area contributed by atoms with Crippen molar-refractivity contribution in [3.63, 3.8) is 0 Å². The van der Waals surface area contributed by atoms with Gasteiger partial charge in [0.1, 0.15) is 0 Å². The Kier molecular flexibility index (Phi) is 5.75. The van der Waals surface area contributed by atoms with Crippen molar-refractivity contribution in [3.8, 4) is 0 Å². The zero-order valence-corrected chi connectivity index (χ0v) is 14.1. The number of nitrogens with zero attached hydrogens (tertiary/aromatic N) is 1. The molecule has 18 heavy (non-hydrogen) atoms. The molecule has 0 aliphatic rings. The number of nitrogens with two attached hydrogens (primary N) is 1. The third-order valence-corrected chi connectivity index (χ3v) is 4.09. The lowest BCUT2D eigenvalue weighted by Crippen LogP contribution is -2.35. The minimum atomic E-state index is -0.0579. The van der Waals surface area contributed by atoms with Crippen LogP contribution in [0.3, 0.4) is 0 Å². The zero-order valence-electron chi connectivity index (χ0n) is 10.1. The van der Waals surface area contributed by atoms with E-state index in [0.29, 0.717) is 17.1 Å². The zero-order chi connectivity index (χ0) is 13.9. The van der Waals surface area contributed by atoms with Crippen LogP contribution in [0.2, 0.25) is 0 Å². The van der Waals surface area contributed by atoms with Crippen LogP contribution in [0.1, 0.15) is 17.3 Å². The van der Waals surface area contributed by atoms with Gasteiger partial charge in [0, 0.05) is 28.5 Å². The molecule has 1 rings (SSSR count). The molecule has 0 heterocycles. The summed E-state index contributed by atoms with van der Waals surface area (Å²) >= 11 is 11.6. The predicted molar refractivity (Wildman–Crippen MR) is 84.8 cm³/mol. The number of hydrogen-bond donors (Lipinski definition) is 1. The third kappa shape index (κ3) is 4.03. The van der Waals surface area contributed by atoms with Crippen LogP contribution in [0.25, 0.3) is 0 Å². The first-order valence-corrected chi connectivity index (χ1v) is 7.32. The quantitative estimate of drug-likeness (QED) is 0.799. The van der Waals surface area contributed by atoms with Gasteiger partial charge in [-0.15, -0.1) is 0 Å². The van der Waals surface area contributed by atoms with Crippen LogP contribution >= 0.6 is 44.1 Å². The molecule has 0 aliphatic carbocycles. The Morgan fingerprint density at radius 3 is 2.61 bits per heavy atom. The van der Waals surface area contributed by atoms with Crippen molar-refractivity contribution < 1.29 is 4.79 Å². The number of amides is 1. The second-order valence-corrected chi connectivity index (χ2v) is 6.35. The lowest BCUT2D eigenvalue weighted by molar-refractivity contribution is 0.0786. The van der Waals surface area contributed by atoms with E-state index in [0.717, 1.165) is 8.95 Å². The second kappa shape index (κ2) is 6.63. The van der Waals surface area contributed by atoms with E-state index in [2.05, 4.69) is 31.9 Å². The average Bonchev–Trinajstić information content (AvgIpc) is 2.27. The summed E-state index contributed by atoms with van der Waals surface area (Å²) in [4.78, 5) is 14.3. The Hall–Kier alpha value is -0.460. The molecular formula is C12H14Br2N2OS. The van der Waals surface area contributed by atoms with Gasteiger partial charge in [-0.25, -0.2) is 0 Å². The number of carbonyl (C=O) groups excluding carboxylic acids is 1. The Labute approximate surface area is 129 Å². The van der Waals surface area contributed by atoms with Crippen molar-refractivity contribution >= 4 is 55.0 Å². The summed E-state index contributed by atoms with van der Waals surface area (Å²) < 4.78 is 1.68. The highest BCUT2D eigenvalue weighted by atomic mass is 79.9. The summed E-state index contributed by atoms with van der Waals surface area (Å²) in [5.74, 6) is -0.0550. The van der Waals surface area contributed by atoms with Gasteiger partial charge in [-0.1, -0.05) is 35.1 Å². The van der Waals surface area contributed by atoms with Gasteiger partial charge in [0.15, 0.2) is 0 Å². The maximum Gasteiger partial charge on any atom is 0.254 e. The van der Waals surface area contributed by atoms with E-state index in [9.17, 15) is 4.79 Å². The number of halogens is 2. The van der Waals surface area contributed by atoms with Crippen LogP contribution in [0, 0.1) is 5.92 Å². The van der Waals surface area contributed by atoms with Crippen molar-refractivity contribution in [2.24, 2.45) is 11.7 Å². The average molecular weight is 394 g/mol. The molecule has 0 bridgehead atoms. The molecule has 0 saturated carbocycles. The minimum absolute atomic E-state index is 0.00294. The maximum atomic E-state index is 12.2. The largest absolute Gasteiger partial charge is 0.393 e. The Morgan fingerprint density at radius 2 is 2.11 bits per heavy atom. The molecule has 0 aromatic heterocycles. The predicted octanol–water partition coefficient (Wildman–Crippen LogP) is 3.21. The number of carbonyl (C=O) groups is 1. The maximum absolute atomic E-state index is 12.2. The SMILES string of the molecule is CC(CN(C)C(=O)c1ccc(Br)cc1Br)C(N)=S. The van der Waals surface area contributed by atoms with E-state index in [1.165, 1.54) is 0 Å². The van der Waals surface area contributed by atoms with Crippen molar-refractivity contribution in [3.05, 3.63) is 32.7 Å². The first-order valence-electron chi connectivity index (χ1n) is 5.32. The molecule has 0 aliphatic heterocycles. The van der Waals surface area contributed by atoms with Crippen LogP contribution < -0.4 is 5.73 Å². The van der Waals surface area contributed by atoms with E-state index < -0.39 is 0 Å². The lowest BCUT2D eigenvalue weighted by Gasteiger charge is -2.21. The van der Waals surface area contributed by atoms with E-state index >= 15 is 0 Å². The minimum Gasteiger partial charge on any atom is -0.393 e. The highest BCUT2D eigenvalue weighted by Crippen LogP contribution is 2.23. The molecule has 1 aromatic rings. The van der Waals surface area contributed by atoms with Crippen molar-refractivity contribution in [1.29, 1.82) is 0 Å². The number of hydrogen-bond acceptors (Lipinski definition) is 2.